The van der Waals surface area contributed by atoms with Crippen LogP contribution in [0.2, 0.25) is 0 Å². The summed E-state index contributed by atoms with van der Waals surface area (Å²) in [6.45, 7) is 2.65. The minimum Gasteiger partial charge on any atom is -0.351 e. The van der Waals surface area contributed by atoms with Crippen LogP contribution in [0.3, 0.4) is 0 Å². The maximum Gasteiger partial charge on any atom is 0.297 e. The molecule has 5 heteroatoms. The van der Waals surface area contributed by atoms with Crippen molar-refractivity contribution in [2.45, 2.75) is 25.8 Å². The molecule has 5 nitrogen and oxygen atoms in total. The van der Waals surface area contributed by atoms with E-state index in [-0.39, 0.29) is 11.9 Å². The molecule has 1 atom stereocenters. The number of carbonyl (C=O) groups excluding carboxylic acids is 1. The molecular weight excluding hydrogens is 278 g/mol. The fraction of sp³-hybridized carbons (Fsp3) is 0.412. The fourth-order valence-electron chi connectivity index (χ4n) is 3.06. The first kappa shape index (κ1) is 14.8. The molecule has 0 bridgehead atoms. The molecule has 0 fully saturated rings. The number of benzene rings is 1. The van der Waals surface area contributed by atoms with E-state index in [1.54, 1.807) is 6.07 Å². The molecule has 0 saturated heterocycles. The molecular formula is C17H21N3O2. The van der Waals surface area contributed by atoms with Crippen LogP contribution in [0.25, 0.3) is 0 Å². The molecule has 1 aliphatic heterocycles. The Bertz CT molecular complexity index is 678. The number of hydrogen-bond donors (Lipinski definition) is 0. The maximum atomic E-state index is 12.9. The van der Waals surface area contributed by atoms with Crippen molar-refractivity contribution in [2.24, 2.45) is 0 Å². The van der Waals surface area contributed by atoms with E-state index in [0.29, 0.717) is 5.76 Å². The van der Waals surface area contributed by atoms with Crippen molar-refractivity contribution in [3.8, 4) is 0 Å². The van der Waals surface area contributed by atoms with E-state index in [9.17, 15) is 4.79 Å². The molecule has 1 aliphatic rings. The Kier molecular flexibility index (Phi) is 3.98. The van der Waals surface area contributed by atoms with Gasteiger partial charge < -0.3 is 14.3 Å². The number of para-hydroxylation sites is 1. The lowest BCUT2D eigenvalue weighted by Gasteiger charge is -2.38. The largest absolute Gasteiger partial charge is 0.351 e. The van der Waals surface area contributed by atoms with Crippen molar-refractivity contribution in [3.05, 3.63) is 47.3 Å². The summed E-state index contributed by atoms with van der Waals surface area (Å²) in [5.41, 5.74) is 2.92. The van der Waals surface area contributed by atoms with Gasteiger partial charge in [-0.2, -0.15) is 0 Å². The summed E-state index contributed by atoms with van der Waals surface area (Å²) in [7, 11) is 4.06. The van der Waals surface area contributed by atoms with Crippen molar-refractivity contribution in [2.75, 3.05) is 25.5 Å². The number of rotatable bonds is 3. The van der Waals surface area contributed by atoms with E-state index in [2.05, 4.69) is 16.1 Å². The van der Waals surface area contributed by atoms with Crippen molar-refractivity contribution in [1.82, 2.24) is 10.1 Å². The third-order valence-corrected chi connectivity index (χ3v) is 4.00. The van der Waals surface area contributed by atoms with E-state index < -0.39 is 0 Å². The number of amides is 1. The molecule has 2 heterocycles. The Labute approximate surface area is 130 Å². The van der Waals surface area contributed by atoms with Crippen molar-refractivity contribution in [1.29, 1.82) is 0 Å². The normalized spacial score (nSPS) is 17.6. The molecule has 0 aliphatic carbocycles. The average Bonchev–Trinajstić information content (AvgIpc) is 2.92. The zero-order valence-corrected chi connectivity index (χ0v) is 13.2. The van der Waals surface area contributed by atoms with Gasteiger partial charge in [-0.15, -0.1) is 0 Å². The second kappa shape index (κ2) is 5.93. The van der Waals surface area contributed by atoms with E-state index in [1.165, 1.54) is 5.56 Å². The zero-order chi connectivity index (χ0) is 15.7. The van der Waals surface area contributed by atoms with Crippen LogP contribution in [0, 0.1) is 6.92 Å². The Balaban J connectivity index is 2.00. The smallest absolute Gasteiger partial charge is 0.297 e. The van der Waals surface area contributed by atoms with E-state index in [4.69, 9.17) is 4.52 Å². The second-order valence-electron chi connectivity index (χ2n) is 6.09. The molecule has 1 amide bonds. The minimum atomic E-state index is -0.111. The molecule has 1 unspecified atom stereocenters. The SMILES string of the molecule is Cc1cc(C(=O)N2c3ccccc3CCC2CN(C)C)on1. The topological polar surface area (TPSA) is 49.6 Å². The number of carbonyl (C=O) groups is 1. The molecule has 0 saturated carbocycles. The molecule has 22 heavy (non-hydrogen) atoms. The van der Waals surface area contributed by atoms with Crippen molar-refractivity contribution >= 4 is 11.6 Å². The van der Waals surface area contributed by atoms with Gasteiger partial charge in [0.1, 0.15) is 0 Å². The molecule has 2 aromatic rings. The van der Waals surface area contributed by atoms with Crippen LogP contribution in [0.15, 0.2) is 34.9 Å². The Hall–Kier alpha value is -2.14. The third kappa shape index (κ3) is 2.76. The molecule has 0 N–H and O–H groups in total. The first-order chi connectivity index (χ1) is 10.6. The van der Waals surface area contributed by atoms with Crippen molar-refractivity contribution < 1.29 is 9.32 Å². The van der Waals surface area contributed by atoms with Gasteiger partial charge in [0, 0.05) is 18.3 Å². The van der Waals surface area contributed by atoms with Gasteiger partial charge in [0.25, 0.3) is 5.91 Å². The zero-order valence-electron chi connectivity index (χ0n) is 13.2. The molecule has 116 valence electrons. The summed E-state index contributed by atoms with van der Waals surface area (Å²) in [5, 5.41) is 3.84. The van der Waals surface area contributed by atoms with Gasteiger partial charge in [-0.3, -0.25) is 4.79 Å². The van der Waals surface area contributed by atoms with Crippen LogP contribution in [-0.4, -0.2) is 42.6 Å². The van der Waals surface area contributed by atoms with E-state index in [1.807, 2.05) is 44.1 Å². The standard InChI is InChI=1S/C17H21N3O2/c1-12-10-16(22-18-12)17(21)20-14(11-19(2)3)9-8-13-6-4-5-7-15(13)20/h4-7,10,14H,8-9,11H2,1-3H3. The molecule has 0 radical (unpaired) electrons. The lowest BCUT2D eigenvalue weighted by Crippen LogP contribution is -2.48. The van der Waals surface area contributed by atoms with Crippen molar-refractivity contribution in [3.63, 3.8) is 0 Å². The number of aryl methyl sites for hydroxylation is 2. The highest BCUT2D eigenvalue weighted by atomic mass is 16.5. The average molecular weight is 299 g/mol. The molecule has 0 spiro atoms. The van der Waals surface area contributed by atoms with Crippen LogP contribution < -0.4 is 4.90 Å². The van der Waals surface area contributed by atoms with E-state index in [0.717, 1.165) is 30.8 Å². The van der Waals surface area contributed by atoms with Gasteiger partial charge in [0.05, 0.1) is 11.7 Å². The van der Waals surface area contributed by atoms with Crippen LogP contribution in [0.5, 0.6) is 0 Å². The van der Waals surface area contributed by atoms with E-state index >= 15 is 0 Å². The fourth-order valence-corrected chi connectivity index (χ4v) is 3.06. The van der Waals surface area contributed by atoms with Crippen LogP contribution in [-0.2, 0) is 6.42 Å². The Morgan fingerprint density at radius 2 is 2.18 bits per heavy atom. The predicted octanol–water partition coefficient (Wildman–Crippen LogP) is 2.51. The number of aromatic nitrogens is 1. The lowest BCUT2D eigenvalue weighted by atomic mass is 9.95. The quantitative estimate of drug-likeness (QED) is 0.874. The predicted molar refractivity (Wildman–Crippen MR) is 85.2 cm³/mol. The van der Waals surface area contributed by atoms with Gasteiger partial charge >= 0.3 is 0 Å². The summed E-state index contributed by atoms with van der Waals surface area (Å²) < 4.78 is 5.19. The number of fused-ring (bicyclic) bond motifs is 1. The Morgan fingerprint density at radius 3 is 2.86 bits per heavy atom. The lowest BCUT2D eigenvalue weighted by molar-refractivity contribution is 0.0932. The first-order valence-electron chi connectivity index (χ1n) is 7.56. The third-order valence-electron chi connectivity index (χ3n) is 4.00. The summed E-state index contributed by atoms with van der Waals surface area (Å²) in [6.07, 6.45) is 1.95. The van der Waals surface area contributed by atoms with Crippen LogP contribution in [0.4, 0.5) is 5.69 Å². The maximum absolute atomic E-state index is 12.9. The highest BCUT2D eigenvalue weighted by molar-refractivity contribution is 6.05. The van der Waals surface area contributed by atoms with Gasteiger partial charge in [0.15, 0.2) is 0 Å². The number of nitrogens with zero attached hydrogens (tertiary/aromatic N) is 3. The van der Waals surface area contributed by atoms with Gasteiger partial charge in [0.2, 0.25) is 5.76 Å². The summed E-state index contributed by atoms with van der Waals surface area (Å²) in [4.78, 5) is 16.9. The van der Waals surface area contributed by atoms with Gasteiger partial charge in [-0.1, -0.05) is 23.4 Å². The summed E-state index contributed by atoms with van der Waals surface area (Å²) >= 11 is 0. The summed E-state index contributed by atoms with van der Waals surface area (Å²) in [6, 6.07) is 9.94. The number of anilines is 1. The van der Waals surface area contributed by atoms with Crippen LogP contribution >= 0.6 is 0 Å². The molecule has 1 aromatic carbocycles. The molecule has 1 aromatic heterocycles. The van der Waals surface area contributed by atoms with Gasteiger partial charge in [-0.05, 0) is 45.5 Å². The second-order valence-corrected chi connectivity index (χ2v) is 6.09. The first-order valence-corrected chi connectivity index (χ1v) is 7.56. The van der Waals surface area contributed by atoms with Gasteiger partial charge in [-0.25, -0.2) is 0 Å². The highest BCUT2D eigenvalue weighted by Crippen LogP contribution is 2.32. The number of hydrogen-bond acceptors (Lipinski definition) is 4. The van der Waals surface area contributed by atoms with Crippen LogP contribution in [0.1, 0.15) is 28.2 Å². The highest BCUT2D eigenvalue weighted by Gasteiger charge is 2.33. The summed E-state index contributed by atoms with van der Waals surface area (Å²) in [5.74, 6) is 0.192. The monoisotopic (exact) mass is 299 g/mol. The minimum absolute atomic E-state index is 0.111. The molecule has 3 rings (SSSR count). The number of likely N-dealkylation sites (N-methyl/N-ethyl adjacent to an activating group) is 1. The Morgan fingerprint density at radius 1 is 1.41 bits per heavy atom.